The molecular weight excluding hydrogens is 384 g/mol. The van der Waals surface area contributed by atoms with Crippen LogP contribution in [0.5, 0.6) is 0 Å². The highest BCUT2D eigenvalue weighted by Crippen LogP contribution is 2.31. The lowest BCUT2D eigenvalue weighted by Gasteiger charge is -2.10. The second kappa shape index (κ2) is 7.81. The summed E-state index contributed by atoms with van der Waals surface area (Å²) < 4.78 is 0. The maximum absolute atomic E-state index is 12.6. The second-order valence-electron chi connectivity index (χ2n) is 6.59. The maximum atomic E-state index is 12.6. The summed E-state index contributed by atoms with van der Waals surface area (Å²) in [6.07, 6.45) is 1.76. The molecule has 0 saturated carbocycles. The van der Waals surface area contributed by atoms with Crippen molar-refractivity contribution in [1.29, 1.82) is 0 Å². The number of rotatable bonds is 4. The van der Waals surface area contributed by atoms with Crippen LogP contribution in [0.2, 0.25) is 0 Å². The van der Waals surface area contributed by atoms with E-state index in [9.17, 15) is 9.59 Å². The van der Waals surface area contributed by atoms with E-state index in [1.165, 1.54) is 6.92 Å². The molecule has 144 valence electrons. The molecule has 4 rings (SSSR count). The van der Waals surface area contributed by atoms with Crippen molar-refractivity contribution in [2.24, 2.45) is 0 Å². The molecule has 0 unspecified atom stereocenters. The van der Waals surface area contributed by atoms with Crippen LogP contribution in [0.3, 0.4) is 0 Å². The van der Waals surface area contributed by atoms with Crippen LogP contribution < -0.4 is 10.6 Å². The van der Waals surface area contributed by atoms with Crippen molar-refractivity contribution in [3.63, 3.8) is 0 Å². The molecule has 7 heteroatoms. The minimum Gasteiger partial charge on any atom is -0.326 e. The fourth-order valence-electron chi connectivity index (χ4n) is 2.93. The van der Waals surface area contributed by atoms with Gasteiger partial charge < -0.3 is 10.6 Å². The summed E-state index contributed by atoms with van der Waals surface area (Å²) in [5.41, 5.74) is 4.72. The Morgan fingerprint density at radius 1 is 1.00 bits per heavy atom. The molecule has 0 aliphatic carbocycles. The number of aromatic nitrogens is 2. The lowest BCUT2D eigenvalue weighted by Crippen LogP contribution is -2.13. The molecule has 4 aromatic rings. The van der Waals surface area contributed by atoms with Gasteiger partial charge in [-0.3, -0.25) is 9.59 Å². The SMILES string of the molecule is CC(=O)Nc1ccc(C(=O)Nc2ccc(-c3nc4cccnc4s3)cc2C)cc1. The van der Waals surface area contributed by atoms with Gasteiger partial charge in [0.05, 0.1) is 0 Å². The average Bonchev–Trinajstić information content (AvgIpc) is 3.14. The highest BCUT2D eigenvalue weighted by molar-refractivity contribution is 7.21. The van der Waals surface area contributed by atoms with Crippen molar-refractivity contribution in [1.82, 2.24) is 9.97 Å². The Morgan fingerprint density at radius 2 is 1.79 bits per heavy atom. The van der Waals surface area contributed by atoms with Gasteiger partial charge in [-0.2, -0.15) is 0 Å². The first kappa shape index (κ1) is 18.8. The van der Waals surface area contributed by atoms with Gasteiger partial charge in [-0.05, 0) is 67.1 Å². The number of pyridine rings is 1. The number of nitrogens with zero attached hydrogens (tertiary/aromatic N) is 2. The van der Waals surface area contributed by atoms with Gasteiger partial charge in [0, 0.05) is 35.6 Å². The van der Waals surface area contributed by atoms with Gasteiger partial charge in [0.2, 0.25) is 5.91 Å². The standard InChI is InChI=1S/C22H18N4O2S/c1-13-12-16(21-26-19-4-3-11-23-22(19)29-21)7-10-18(13)25-20(28)15-5-8-17(9-6-15)24-14(2)27/h3-12H,1-2H3,(H,24,27)(H,25,28). The first-order chi connectivity index (χ1) is 14.0. The number of carbonyl (C=O) groups is 2. The number of hydrogen-bond donors (Lipinski definition) is 2. The molecule has 0 spiro atoms. The van der Waals surface area contributed by atoms with Crippen LogP contribution >= 0.6 is 11.3 Å². The van der Waals surface area contributed by atoms with E-state index in [-0.39, 0.29) is 11.8 Å². The normalized spacial score (nSPS) is 10.7. The summed E-state index contributed by atoms with van der Waals surface area (Å²) in [6, 6.07) is 16.4. The quantitative estimate of drug-likeness (QED) is 0.510. The molecule has 2 aromatic carbocycles. The molecule has 29 heavy (non-hydrogen) atoms. The molecule has 0 radical (unpaired) electrons. The minimum atomic E-state index is -0.209. The molecule has 0 atom stereocenters. The Morgan fingerprint density at radius 3 is 2.48 bits per heavy atom. The van der Waals surface area contributed by atoms with Crippen LogP contribution in [-0.2, 0) is 4.79 Å². The van der Waals surface area contributed by atoms with E-state index in [4.69, 9.17) is 0 Å². The van der Waals surface area contributed by atoms with Crippen LogP contribution in [-0.4, -0.2) is 21.8 Å². The first-order valence-electron chi connectivity index (χ1n) is 9.01. The topological polar surface area (TPSA) is 84.0 Å². The summed E-state index contributed by atoms with van der Waals surface area (Å²) in [7, 11) is 0. The zero-order valence-corrected chi connectivity index (χ0v) is 16.7. The van der Waals surface area contributed by atoms with Gasteiger partial charge in [-0.1, -0.05) is 11.3 Å². The number of fused-ring (bicyclic) bond motifs is 1. The Labute approximate surface area is 171 Å². The Kier molecular flexibility index (Phi) is 5.05. The largest absolute Gasteiger partial charge is 0.326 e. The highest BCUT2D eigenvalue weighted by Gasteiger charge is 2.11. The number of benzene rings is 2. The summed E-state index contributed by atoms with van der Waals surface area (Å²) in [5.74, 6) is -0.360. The van der Waals surface area contributed by atoms with Crippen molar-refractivity contribution in [3.8, 4) is 10.6 Å². The summed E-state index contributed by atoms with van der Waals surface area (Å²) in [5, 5.41) is 6.51. The van der Waals surface area contributed by atoms with Crippen molar-refractivity contribution < 1.29 is 9.59 Å². The predicted octanol–water partition coefficient (Wildman–Crippen LogP) is 4.88. The zero-order chi connectivity index (χ0) is 20.4. The monoisotopic (exact) mass is 402 g/mol. The smallest absolute Gasteiger partial charge is 0.255 e. The van der Waals surface area contributed by atoms with E-state index in [2.05, 4.69) is 20.6 Å². The number of amides is 2. The molecule has 0 aliphatic rings. The molecule has 0 aliphatic heterocycles. The molecule has 2 amide bonds. The van der Waals surface area contributed by atoms with Crippen LogP contribution in [0.4, 0.5) is 11.4 Å². The minimum absolute atomic E-state index is 0.151. The van der Waals surface area contributed by atoms with Crippen LogP contribution in [0.1, 0.15) is 22.8 Å². The zero-order valence-electron chi connectivity index (χ0n) is 15.9. The number of aryl methyl sites for hydroxylation is 1. The van der Waals surface area contributed by atoms with E-state index in [0.29, 0.717) is 11.3 Å². The summed E-state index contributed by atoms with van der Waals surface area (Å²) >= 11 is 1.54. The molecule has 6 nitrogen and oxygen atoms in total. The van der Waals surface area contributed by atoms with Gasteiger partial charge in [0.15, 0.2) is 0 Å². The number of thiazole rings is 1. The summed E-state index contributed by atoms with van der Waals surface area (Å²) in [6.45, 7) is 3.39. The van der Waals surface area contributed by atoms with E-state index in [0.717, 1.165) is 32.2 Å². The average molecular weight is 402 g/mol. The van der Waals surface area contributed by atoms with E-state index in [1.54, 1.807) is 41.8 Å². The van der Waals surface area contributed by atoms with Gasteiger partial charge in [-0.25, -0.2) is 9.97 Å². The lowest BCUT2D eigenvalue weighted by molar-refractivity contribution is -0.114. The van der Waals surface area contributed by atoms with Crippen molar-refractivity contribution >= 4 is 44.9 Å². The fraction of sp³-hybridized carbons (Fsp3) is 0.0909. The highest BCUT2D eigenvalue weighted by atomic mass is 32.1. The fourth-order valence-corrected chi connectivity index (χ4v) is 3.84. The third kappa shape index (κ3) is 4.14. The van der Waals surface area contributed by atoms with Gasteiger partial charge in [0.25, 0.3) is 5.91 Å². The van der Waals surface area contributed by atoms with Crippen molar-refractivity contribution in [3.05, 3.63) is 71.9 Å². The lowest BCUT2D eigenvalue weighted by atomic mass is 10.1. The first-order valence-corrected chi connectivity index (χ1v) is 9.83. The third-order valence-electron chi connectivity index (χ3n) is 4.36. The number of anilines is 2. The molecular formula is C22H18N4O2S. The Balaban J connectivity index is 1.52. The van der Waals surface area contributed by atoms with Gasteiger partial charge >= 0.3 is 0 Å². The van der Waals surface area contributed by atoms with E-state index < -0.39 is 0 Å². The van der Waals surface area contributed by atoms with Crippen molar-refractivity contribution in [2.75, 3.05) is 10.6 Å². The van der Waals surface area contributed by atoms with Crippen LogP contribution in [0.25, 0.3) is 20.9 Å². The predicted molar refractivity (Wildman–Crippen MR) is 116 cm³/mol. The van der Waals surface area contributed by atoms with Crippen molar-refractivity contribution in [2.45, 2.75) is 13.8 Å². The van der Waals surface area contributed by atoms with E-state index >= 15 is 0 Å². The Bertz CT molecular complexity index is 1180. The number of hydrogen-bond acceptors (Lipinski definition) is 5. The maximum Gasteiger partial charge on any atom is 0.255 e. The van der Waals surface area contributed by atoms with E-state index in [1.807, 2.05) is 37.3 Å². The molecule has 0 fully saturated rings. The molecule has 0 saturated heterocycles. The second-order valence-corrected chi connectivity index (χ2v) is 7.57. The molecule has 2 heterocycles. The molecule has 2 aromatic heterocycles. The van der Waals surface area contributed by atoms with Crippen LogP contribution in [0, 0.1) is 6.92 Å². The molecule has 2 N–H and O–H groups in total. The van der Waals surface area contributed by atoms with Gasteiger partial charge in [0.1, 0.15) is 15.4 Å². The summed E-state index contributed by atoms with van der Waals surface area (Å²) in [4.78, 5) is 33.5. The van der Waals surface area contributed by atoms with Crippen LogP contribution in [0.15, 0.2) is 60.8 Å². The Hall–Kier alpha value is -3.58. The number of nitrogens with one attached hydrogen (secondary N) is 2. The third-order valence-corrected chi connectivity index (χ3v) is 5.38. The molecule has 0 bridgehead atoms. The number of carbonyl (C=O) groups excluding carboxylic acids is 2. The van der Waals surface area contributed by atoms with Gasteiger partial charge in [-0.15, -0.1) is 0 Å².